The lowest BCUT2D eigenvalue weighted by atomic mass is 9.87. The van der Waals surface area contributed by atoms with Crippen LogP contribution in [0.4, 0.5) is 10.5 Å². The molecule has 0 saturated heterocycles. The van der Waals surface area contributed by atoms with Crippen LogP contribution in [0.2, 0.25) is 15.1 Å². The molecule has 2 amide bonds. The molecule has 1 atom stereocenters. The van der Waals surface area contributed by atoms with Crippen LogP contribution in [0.1, 0.15) is 20.8 Å². The molecular weight excluding hydrogens is 339 g/mol. The standard InChI is InChI=1S/C13H15Cl3N2O3/c1-13(2,3)10(11(19)20)18-12(21)17-9-7(15)4-6(14)5-8(9)16/h4-5,10H,1-3H3,(H,19,20)(H2,17,18,21). The van der Waals surface area contributed by atoms with Gasteiger partial charge in [0.25, 0.3) is 0 Å². The summed E-state index contributed by atoms with van der Waals surface area (Å²) in [5, 5.41) is 14.6. The second kappa shape index (κ2) is 6.73. The van der Waals surface area contributed by atoms with Crippen molar-refractivity contribution in [1.82, 2.24) is 5.32 Å². The molecule has 0 bridgehead atoms. The Kier molecular flexibility index (Phi) is 5.73. The molecule has 8 heteroatoms. The number of hydrogen-bond donors (Lipinski definition) is 3. The monoisotopic (exact) mass is 352 g/mol. The topological polar surface area (TPSA) is 78.4 Å². The van der Waals surface area contributed by atoms with Gasteiger partial charge in [0, 0.05) is 5.02 Å². The fourth-order valence-electron chi connectivity index (χ4n) is 1.59. The highest BCUT2D eigenvalue weighted by Crippen LogP contribution is 2.33. The maximum atomic E-state index is 11.9. The first kappa shape index (κ1) is 17.9. The summed E-state index contributed by atoms with van der Waals surface area (Å²) >= 11 is 17.6. The molecule has 1 rings (SSSR count). The zero-order valence-corrected chi connectivity index (χ0v) is 13.9. The van der Waals surface area contributed by atoms with Gasteiger partial charge in [-0.2, -0.15) is 0 Å². The van der Waals surface area contributed by atoms with Gasteiger partial charge in [-0.05, 0) is 17.5 Å². The summed E-state index contributed by atoms with van der Waals surface area (Å²) < 4.78 is 0. The van der Waals surface area contributed by atoms with Crippen LogP contribution < -0.4 is 10.6 Å². The molecule has 3 N–H and O–H groups in total. The maximum Gasteiger partial charge on any atom is 0.326 e. The summed E-state index contributed by atoms with van der Waals surface area (Å²) in [6.45, 7) is 5.11. The minimum atomic E-state index is -1.13. The van der Waals surface area contributed by atoms with Gasteiger partial charge in [0.1, 0.15) is 6.04 Å². The lowest BCUT2D eigenvalue weighted by Gasteiger charge is -2.27. The highest BCUT2D eigenvalue weighted by Gasteiger charge is 2.32. The van der Waals surface area contributed by atoms with Crippen LogP contribution >= 0.6 is 34.8 Å². The number of carbonyl (C=O) groups is 2. The summed E-state index contributed by atoms with van der Waals surface area (Å²) in [7, 11) is 0. The van der Waals surface area contributed by atoms with Gasteiger partial charge in [0.2, 0.25) is 0 Å². The normalized spacial score (nSPS) is 12.7. The number of benzene rings is 1. The first-order chi connectivity index (χ1) is 9.52. The van der Waals surface area contributed by atoms with Crippen molar-refractivity contribution in [3.05, 3.63) is 27.2 Å². The zero-order valence-electron chi connectivity index (χ0n) is 11.6. The van der Waals surface area contributed by atoms with E-state index in [1.54, 1.807) is 20.8 Å². The lowest BCUT2D eigenvalue weighted by molar-refractivity contribution is -0.141. The average molecular weight is 354 g/mol. The summed E-state index contributed by atoms with van der Waals surface area (Å²) in [4.78, 5) is 23.1. The minimum Gasteiger partial charge on any atom is -0.480 e. The van der Waals surface area contributed by atoms with E-state index in [2.05, 4.69) is 10.6 Å². The quantitative estimate of drug-likeness (QED) is 0.759. The summed E-state index contributed by atoms with van der Waals surface area (Å²) in [6.07, 6.45) is 0. The number of hydrogen-bond acceptors (Lipinski definition) is 2. The first-order valence-corrected chi connectivity index (χ1v) is 7.10. The fraction of sp³-hybridized carbons (Fsp3) is 0.385. The Labute approximate surface area is 137 Å². The molecular formula is C13H15Cl3N2O3. The summed E-state index contributed by atoms with van der Waals surface area (Å²) in [5.74, 6) is -1.13. The third-order valence-corrected chi connectivity index (χ3v) is 3.45. The number of amides is 2. The molecule has 0 aliphatic carbocycles. The number of carbonyl (C=O) groups excluding carboxylic acids is 1. The molecule has 1 aromatic rings. The average Bonchev–Trinajstić information content (AvgIpc) is 2.28. The van der Waals surface area contributed by atoms with Gasteiger partial charge in [0.05, 0.1) is 15.7 Å². The van der Waals surface area contributed by atoms with Crippen LogP contribution in [0, 0.1) is 5.41 Å². The van der Waals surface area contributed by atoms with Gasteiger partial charge < -0.3 is 15.7 Å². The molecule has 1 unspecified atom stereocenters. The van der Waals surface area contributed by atoms with Crippen molar-refractivity contribution in [1.29, 1.82) is 0 Å². The Bertz CT molecular complexity index is 547. The van der Waals surface area contributed by atoms with E-state index in [0.29, 0.717) is 5.02 Å². The minimum absolute atomic E-state index is 0.158. The predicted octanol–water partition coefficient (Wildman–Crippen LogP) is 4.27. The Morgan fingerprint density at radius 3 is 2.00 bits per heavy atom. The molecule has 5 nitrogen and oxygen atoms in total. The molecule has 0 heterocycles. The van der Waals surface area contributed by atoms with Gasteiger partial charge in [-0.15, -0.1) is 0 Å². The van der Waals surface area contributed by atoms with Crippen LogP contribution in [0.5, 0.6) is 0 Å². The van der Waals surface area contributed by atoms with Crippen molar-refractivity contribution >= 4 is 52.5 Å². The van der Waals surface area contributed by atoms with E-state index in [9.17, 15) is 9.59 Å². The fourth-order valence-corrected chi connectivity index (χ4v) is 2.50. The number of rotatable bonds is 3. The first-order valence-electron chi connectivity index (χ1n) is 5.97. The van der Waals surface area contributed by atoms with E-state index in [0.717, 1.165) is 0 Å². The smallest absolute Gasteiger partial charge is 0.326 e. The molecule has 0 aromatic heterocycles. The van der Waals surface area contributed by atoms with Crippen LogP contribution in [0.3, 0.4) is 0 Å². The number of nitrogens with one attached hydrogen (secondary N) is 2. The Morgan fingerprint density at radius 2 is 1.62 bits per heavy atom. The second-order valence-electron chi connectivity index (χ2n) is 5.48. The third-order valence-electron chi connectivity index (χ3n) is 2.63. The molecule has 1 aromatic carbocycles. The molecule has 116 valence electrons. The van der Waals surface area contributed by atoms with Crippen molar-refractivity contribution in [2.75, 3.05) is 5.32 Å². The van der Waals surface area contributed by atoms with Crippen molar-refractivity contribution in [2.24, 2.45) is 5.41 Å². The van der Waals surface area contributed by atoms with Gasteiger partial charge in [-0.3, -0.25) is 0 Å². The van der Waals surface area contributed by atoms with Crippen molar-refractivity contribution in [3.8, 4) is 0 Å². The highest BCUT2D eigenvalue weighted by molar-refractivity contribution is 6.42. The highest BCUT2D eigenvalue weighted by atomic mass is 35.5. The van der Waals surface area contributed by atoms with Crippen LogP contribution in [-0.4, -0.2) is 23.1 Å². The van der Waals surface area contributed by atoms with E-state index in [-0.39, 0.29) is 15.7 Å². The van der Waals surface area contributed by atoms with Crippen LogP contribution in [0.15, 0.2) is 12.1 Å². The maximum absolute atomic E-state index is 11.9. The van der Waals surface area contributed by atoms with Crippen molar-refractivity contribution in [3.63, 3.8) is 0 Å². The van der Waals surface area contributed by atoms with E-state index in [1.807, 2.05) is 0 Å². The van der Waals surface area contributed by atoms with Crippen molar-refractivity contribution in [2.45, 2.75) is 26.8 Å². The molecule has 0 aliphatic heterocycles. The number of carboxylic acid groups (broad SMARTS) is 1. The van der Waals surface area contributed by atoms with Gasteiger partial charge >= 0.3 is 12.0 Å². The lowest BCUT2D eigenvalue weighted by Crippen LogP contribution is -2.50. The molecule has 0 radical (unpaired) electrons. The molecule has 0 spiro atoms. The summed E-state index contributed by atoms with van der Waals surface area (Å²) in [6, 6.07) is 1.05. The molecule has 0 fully saturated rings. The Morgan fingerprint density at radius 1 is 1.14 bits per heavy atom. The Hall–Kier alpha value is -1.17. The molecule has 0 saturated carbocycles. The number of carboxylic acids is 1. The largest absolute Gasteiger partial charge is 0.480 e. The second-order valence-corrected chi connectivity index (χ2v) is 6.73. The number of halogens is 3. The Balaban J connectivity index is 2.90. The van der Waals surface area contributed by atoms with Crippen molar-refractivity contribution < 1.29 is 14.7 Å². The van der Waals surface area contributed by atoms with E-state index >= 15 is 0 Å². The van der Waals surface area contributed by atoms with E-state index < -0.39 is 23.5 Å². The number of urea groups is 1. The SMILES string of the molecule is CC(C)(C)C(NC(=O)Nc1c(Cl)cc(Cl)cc1Cl)C(=O)O. The predicted molar refractivity (Wildman–Crippen MR) is 84.5 cm³/mol. The van der Waals surface area contributed by atoms with Crippen LogP contribution in [-0.2, 0) is 4.79 Å². The third kappa shape index (κ3) is 4.95. The number of aliphatic carboxylic acids is 1. The molecule has 0 aliphatic rings. The van der Waals surface area contributed by atoms with Gasteiger partial charge in [0.15, 0.2) is 0 Å². The van der Waals surface area contributed by atoms with Gasteiger partial charge in [-0.1, -0.05) is 55.6 Å². The van der Waals surface area contributed by atoms with E-state index in [4.69, 9.17) is 39.9 Å². The van der Waals surface area contributed by atoms with E-state index in [1.165, 1.54) is 12.1 Å². The summed E-state index contributed by atoms with van der Waals surface area (Å²) in [5.41, 5.74) is -0.491. The molecule has 21 heavy (non-hydrogen) atoms. The van der Waals surface area contributed by atoms with Crippen LogP contribution in [0.25, 0.3) is 0 Å². The van der Waals surface area contributed by atoms with Gasteiger partial charge in [-0.25, -0.2) is 9.59 Å². The number of anilines is 1. The zero-order chi connectivity index (χ0) is 16.4.